The molecular weight excluding hydrogens is 152 g/mol. The van der Waals surface area contributed by atoms with Crippen molar-refractivity contribution in [2.45, 2.75) is 52.1 Å². The molecule has 3 N–H and O–H groups in total. The highest BCUT2D eigenvalue weighted by atomic mass is 16.1. The monoisotopic (exact) mass is 172 g/mol. The zero-order valence-corrected chi connectivity index (χ0v) is 8.26. The molecule has 0 saturated heterocycles. The smallest absolute Gasteiger partial charge is 0.234 e. The molecule has 0 radical (unpaired) electrons. The highest BCUT2D eigenvalue weighted by molar-refractivity contribution is 5.79. The van der Waals surface area contributed by atoms with Crippen LogP contribution < -0.4 is 11.1 Å². The van der Waals surface area contributed by atoms with E-state index < -0.39 is 0 Å². The van der Waals surface area contributed by atoms with E-state index in [1.807, 2.05) is 0 Å². The highest BCUT2D eigenvalue weighted by Gasteiger charge is 2.12. The van der Waals surface area contributed by atoms with Gasteiger partial charge in [-0.25, -0.2) is 0 Å². The van der Waals surface area contributed by atoms with Gasteiger partial charge in [-0.2, -0.15) is 0 Å². The molecule has 72 valence electrons. The molecule has 0 fully saturated rings. The first kappa shape index (κ1) is 11.4. The molecule has 2 atom stereocenters. The highest BCUT2D eigenvalue weighted by Crippen LogP contribution is 2.01. The van der Waals surface area contributed by atoms with Crippen LogP contribution in [0.5, 0.6) is 0 Å². The Morgan fingerprint density at radius 3 is 2.42 bits per heavy atom. The fourth-order valence-electron chi connectivity index (χ4n) is 1.19. The average molecular weight is 172 g/mol. The largest absolute Gasteiger partial charge is 0.368 e. The van der Waals surface area contributed by atoms with Crippen molar-refractivity contribution in [1.29, 1.82) is 0 Å². The van der Waals surface area contributed by atoms with Gasteiger partial charge in [0.15, 0.2) is 0 Å². The average Bonchev–Trinajstić information content (AvgIpc) is 2.03. The van der Waals surface area contributed by atoms with E-state index in [2.05, 4.69) is 19.2 Å². The zero-order chi connectivity index (χ0) is 9.56. The zero-order valence-electron chi connectivity index (χ0n) is 8.26. The molecule has 0 aliphatic carbocycles. The van der Waals surface area contributed by atoms with E-state index in [0.717, 1.165) is 19.3 Å². The van der Waals surface area contributed by atoms with Crippen molar-refractivity contribution in [2.24, 2.45) is 5.73 Å². The van der Waals surface area contributed by atoms with Gasteiger partial charge in [0.1, 0.15) is 0 Å². The third kappa shape index (κ3) is 4.34. The summed E-state index contributed by atoms with van der Waals surface area (Å²) in [5, 5.41) is 3.19. The van der Waals surface area contributed by atoms with Crippen molar-refractivity contribution < 1.29 is 4.79 Å². The van der Waals surface area contributed by atoms with Gasteiger partial charge in [-0.1, -0.05) is 20.3 Å². The molecule has 0 aliphatic heterocycles. The minimum atomic E-state index is -0.274. The Morgan fingerprint density at radius 2 is 2.08 bits per heavy atom. The normalized spacial score (nSPS) is 15.6. The van der Waals surface area contributed by atoms with Crippen LogP contribution in [-0.4, -0.2) is 18.0 Å². The van der Waals surface area contributed by atoms with Crippen LogP contribution in [0.25, 0.3) is 0 Å². The van der Waals surface area contributed by atoms with Crippen LogP contribution in [-0.2, 0) is 4.79 Å². The molecule has 0 rings (SSSR count). The van der Waals surface area contributed by atoms with E-state index >= 15 is 0 Å². The number of hydrogen-bond donors (Lipinski definition) is 2. The molecule has 0 aromatic heterocycles. The predicted octanol–water partition coefficient (Wildman–Crippen LogP) is 1.03. The van der Waals surface area contributed by atoms with Gasteiger partial charge in [-0.3, -0.25) is 4.79 Å². The van der Waals surface area contributed by atoms with Gasteiger partial charge >= 0.3 is 0 Å². The number of amides is 1. The molecule has 0 bridgehead atoms. The summed E-state index contributed by atoms with van der Waals surface area (Å²) in [6.07, 6.45) is 3.29. The maximum absolute atomic E-state index is 10.7. The van der Waals surface area contributed by atoms with Crippen molar-refractivity contribution >= 4 is 5.91 Å². The van der Waals surface area contributed by atoms with Gasteiger partial charge in [-0.05, 0) is 19.8 Å². The maximum atomic E-state index is 10.7. The molecular formula is C9H20N2O. The first-order valence-corrected chi connectivity index (χ1v) is 4.67. The molecule has 3 nitrogen and oxygen atoms in total. The fraction of sp³-hybridized carbons (Fsp3) is 0.889. The van der Waals surface area contributed by atoms with Gasteiger partial charge < -0.3 is 11.1 Å². The summed E-state index contributed by atoms with van der Waals surface area (Å²) in [6.45, 7) is 6.06. The molecule has 1 amide bonds. The topological polar surface area (TPSA) is 55.1 Å². The Balaban J connectivity index is 3.76. The number of carbonyl (C=O) groups excluding carboxylic acids is 1. The van der Waals surface area contributed by atoms with Gasteiger partial charge in [0.2, 0.25) is 5.91 Å². The SMILES string of the molecule is CCCC(CC)NC(C)C(N)=O. The summed E-state index contributed by atoms with van der Waals surface area (Å²) in [5.41, 5.74) is 5.13. The van der Waals surface area contributed by atoms with Gasteiger partial charge in [0.05, 0.1) is 6.04 Å². The lowest BCUT2D eigenvalue weighted by Crippen LogP contribution is -2.44. The second-order valence-corrected chi connectivity index (χ2v) is 3.18. The Morgan fingerprint density at radius 1 is 1.50 bits per heavy atom. The second kappa shape index (κ2) is 6.00. The first-order chi connectivity index (χ1) is 5.61. The molecule has 0 saturated carbocycles. The van der Waals surface area contributed by atoms with Crippen LogP contribution in [0.15, 0.2) is 0 Å². The molecule has 2 unspecified atom stereocenters. The van der Waals surface area contributed by atoms with Gasteiger partial charge in [0, 0.05) is 6.04 Å². The quantitative estimate of drug-likeness (QED) is 0.628. The molecule has 12 heavy (non-hydrogen) atoms. The molecule has 0 aromatic carbocycles. The standard InChI is InChI=1S/C9H20N2O/c1-4-6-8(5-2)11-7(3)9(10)12/h7-8,11H,4-6H2,1-3H3,(H2,10,12). The maximum Gasteiger partial charge on any atom is 0.234 e. The Labute approximate surface area is 74.7 Å². The van der Waals surface area contributed by atoms with Crippen molar-refractivity contribution in [3.63, 3.8) is 0 Å². The molecule has 0 spiro atoms. The van der Waals surface area contributed by atoms with Crippen LogP contribution in [0, 0.1) is 0 Å². The number of nitrogens with one attached hydrogen (secondary N) is 1. The Bertz CT molecular complexity index is 136. The number of primary amides is 1. The van der Waals surface area contributed by atoms with E-state index in [0.29, 0.717) is 6.04 Å². The Kier molecular flexibility index (Phi) is 5.72. The number of hydrogen-bond acceptors (Lipinski definition) is 2. The van der Waals surface area contributed by atoms with Crippen LogP contribution in [0.3, 0.4) is 0 Å². The van der Waals surface area contributed by atoms with Crippen molar-refractivity contribution in [3.8, 4) is 0 Å². The Hall–Kier alpha value is -0.570. The second-order valence-electron chi connectivity index (χ2n) is 3.18. The van der Waals surface area contributed by atoms with Crippen LogP contribution in [0.2, 0.25) is 0 Å². The number of carbonyl (C=O) groups is 1. The fourth-order valence-corrected chi connectivity index (χ4v) is 1.19. The van der Waals surface area contributed by atoms with E-state index in [1.165, 1.54) is 0 Å². The minimum Gasteiger partial charge on any atom is -0.368 e. The van der Waals surface area contributed by atoms with Crippen molar-refractivity contribution in [2.75, 3.05) is 0 Å². The summed E-state index contributed by atoms with van der Waals surface area (Å²) >= 11 is 0. The van der Waals surface area contributed by atoms with Crippen LogP contribution >= 0.6 is 0 Å². The third-order valence-electron chi connectivity index (χ3n) is 2.04. The number of rotatable bonds is 6. The van der Waals surface area contributed by atoms with Crippen molar-refractivity contribution in [1.82, 2.24) is 5.32 Å². The molecule has 0 aromatic rings. The predicted molar refractivity (Wildman–Crippen MR) is 50.8 cm³/mol. The third-order valence-corrected chi connectivity index (χ3v) is 2.04. The summed E-state index contributed by atoms with van der Waals surface area (Å²) in [5.74, 6) is -0.274. The summed E-state index contributed by atoms with van der Waals surface area (Å²) in [4.78, 5) is 10.7. The first-order valence-electron chi connectivity index (χ1n) is 4.67. The summed E-state index contributed by atoms with van der Waals surface area (Å²) in [7, 11) is 0. The van der Waals surface area contributed by atoms with E-state index in [9.17, 15) is 4.79 Å². The van der Waals surface area contributed by atoms with E-state index in [4.69, 9.17) is 5.73 Å². The summed E-state index contributed by atoms with van der Waals surface area (Å²) < 4.78 is 0. The summed E-state index contributed by atoms with van der Waals surface area (Å²) in [6, 6.07) is 0.221. The van der Waals surface area contributed by atoms with Crippen LogP contribution in [0.4, 0.5) is 0 Å². The molecule has 0 aliphatic rings. The van der Waals surface area contributed by atoms with E-state index in [-0.39, 0.29) is 11.9 Å². The van der Waals surface area contributed by atoms with Gasteiger partial charge in [0.25, 0.3) is 0 Å². The lowest BCUT2D eigenvalue weighted by Gasteiger charge is -2.19. The minimum absolute atomic E-state index is 0.207. The molecule has 0 heterocycles. The van der Waals surface area contributed by atoms with Crippen molar-refractivity contribution in [3.05, 3.63) is 0 Å². The van der Waals surface area contributed by atoms with E-state index in [1.54, 1.807) is 6.92 Å². The lowest BCUT2D eigenvalue weighted by molar-refractivity contribution is -0.119. The number of nitrogens with two attached hydrogens (primary N) is 1. The molecule has 3 heteroatoms. The van der Waals surface area contributed by atoms with Crippen LogP contribution in [0.1, 0.15) is 40.0 Å². The lowest BCUT2D eigenvalue weighted by atomic mass is 10.1. The van der Waals surface area contributed by atoms with Gasteiger partial charge in [-0.15, -0.1) is 0 Å².